The van der Waals surface area contributed by atoms with Gasteiger partial charge in [-0.1, -0.05) is 48.5 Å². The first-order valence-electron chi connectivity index (χ1n) is 11.9. The molecular weight excluding hydrogens is 460 g/mol. The topological polar surface area (TPSA) is 59.1 Å². The Morgan fingerprint density at radius 2 is 1.86 bits per heavy atom. The number of benzene rings is 2. The molecule has 7 heteroatoms. The number of rotatable bonds is 10. The van der Waals surface area contributed by atoms with Crippen LogP contribution in [0.3, 0.4) is 0 Å². The van der Waals surface area contributed by atoms with Gasteiger partial charge in [0.2, 0.25) is 11.8 Å². The second kappa shape index (κ2) is 12.0. The molecule has 1 aliphatic heterocycles. The van der Waals surface area contributed by atoms with E-state index < -0.39 is 0 Å². The number of fused-ring (bicyclic) bond motifs is 1. The van der Waals surface area contributed by atoms with Crippen molar-refractivity contribution in [2.24, 2.45) is 0 Å². The molecule has 2 amide bonds. The fourth-order valence-electron chi connectivity index (χ4n) is 4.39. The molecular formula is C28H32N2O4S. The van der Waals surface area contributed by atoms with Crippen molar-refractivity contribution in [2.75, 3.05) is 40.0 Å². The molecule has 0 N–H and O–H groups in total. The number of carbonyl (C=O) groups is 2. The van der Waals surface area contributed by atoms with Crippen LogP contribution in [0, 0.1) is 6.92 Å². The van der Waals surface area contributed by atoms with Gasteiger partial charge in [0.1, 0.15) is 12.4 Å². The number of ether oxygens (including phenoxy) is 2. The Hall–Kier alpha value is -3.16. The van der Waals surface area contributed by atoms with Gasteiger partial charge in [0, 0.05) is 25.1 Å². The zero-order valence-electron chi connectivity index (χ0n) is 20.3. The molecule has 1 unspecified atom stereocenters. The Kier molecular flexibility index (Phi) is 8.55. The molecule has 1 aromatic heterocycles. The van der Waals surface area contributed by atoms with Crippen molar-refractivity contribution in [3.8, 4) is 5.75 Å². The van der Waals surface area contributed by atoms with Crippen molar-refractivity contribution in [1.82, 2.24) is 9.80 Å². The van der Waals surface area contributed by atoms with Crippen LogP contribution in [0.25, 0.3) is 0 Å². The van der Waals surface area contributed by atoms with Crippen LogP contribution < -0.4 is 4.74 Å². The van der Waals surface area contributed by atoms with Crippen molar-refractivity contribution < 1.29 is 19.1 Å². The average molecular weight is 493 g/mol. The molecule has 1 atom stereocenters. The van der Waals surface area contributed by atoms with E-state index in [1.165, 1.54) is 4.88 Å². The fraction of sp³-hybridized carbons (Fsp3) is 0.357. The fourth-order valence-corrected chi connectivity index (χ4v) is 5.32. The highest BCUT2D eigenvalue weighted by molar-refractivity contribution is 7.10. The molecule has 0 bridgehead atoms. The molecule has 2 heterocycles. The molecule has 0 saturated heterocycles. The third-order valence-electron chi connectivity index (χ3n) is 6.35. The SMILES string of the molecule is COCCN(CC(=O)N1CCc2sccc2C1COc1ccccc1C)C(=O)Cc1ccccc1. The second-order valence-corrected chi connectivity index (χ2v) is 9.70. The lowest BCUT2D eigenvalue weighted by atomic mass is 10.00. The van der Waals surface area contributed by atoms with E-state index in [4.69, 9.17) is 9.47 Å². The van der Waals surface area contributed by atoms with Crippen molar-refractivity contribution in [2.45, 2.75) is 25.8 Å². The molecule has 184 valence electrons. The molecule has 2 aromatic carbocycles. The van der Waals surface area contributed by atoms with Crippen LogP contribution in [0.4, 0.5) is 0 Å². The molecule has 35 heavy (non-hydrogen) atoms. The number of hydrogen-bond donors (Lipinski definition) is 0. The Morgan fingerprint density at radius 1 is 1.09 bits per heavy atom. The van der Waals surface area contributed by atoms with Gasteiger partial charge in [-0.2, -0.15) is 0 Å². The van der Waals surface area contributed by atoms with Crippen LogP contribution in [0.2, 0.25) is 0 Å². The van der Waals surface area contributed by atoms with Gasteiger partial charge >= 0.3 is 0 Å². The third kappa shape index (κ3) is 6.29. The van der Waals surface area contributed by atoms with Crippen LogP contribution in [0.5, 0.6) is 5.75 Å². The smallest absolute Gasteiger partial charge is 0.242 e. The number of para-hydroxylation sites is 1. The predicted molar refractivity (Wildman–Crippen MR) is 138 cm³/mol. The highest BCUT2D eigenvalue weighted by atomic mass is 32.1. The summed E-state index contributed by atoms with van der Waals surface area (Å²) in [6, 6.07) is 19.4. The van der Waals surface area contributed by atoms with Crippen molar-refractivity contribution in [3.63, 3.8) is 0 Å². The lowest BCUT2D eigenvalue weighted by Crippen LogP contribution is -2.48. The van der Waals surface area contributed by atoms with E-state index in [0.717, 1.165) is 28.9 Å². The van der Waals surface area contributed by atoms with Crippen LogP contribution >= 0.6 is 11.3 Å². The highest BCUT2D eigenvalue weighted by Crippen LogP contribution is 2.34. The summed E-state index contributed by atoms with van der Waals surface area (Å²) in [7, 11) is 1.60. The summed E-state index contributed by atoms with van der Waals surface area (Å²) in [4.78, 5) is 31.5. The zero-order valence-corrected chi connectivity index (χ0v) is 21.1. The third-order valence-corrected chi connectivity index (χ3v) is 7.34. The summed E-state index contributed by atoms with van der Waals surface area (Å²) in [6.07, 6.45) is 1.07. The van der Waals surface area contributed by atoms with Gasteiger partial charge in [0.25, 0.3) is 0 Å². The molecule has 0 radical (unpaired) electrons. The number of nitrogens with zero attached hydrogens (tertiary/aromatic N) is 2. The van der Waals surface area contributed by atoms with E-state index in [2.05, 4.69) is 11.4 Å². The first kappa shape index (κ1) is 24.9. The van der Waals surface area contributed by atoms with Gasteiger partial charge in [-0.3, -0.25) is 9.59 Å². The number of methoxy groups -OCH3 is 1. The molecule has 1 aliphatic rings. The minimum atomic E-state index is -0.189. The minimum Gasteiger partial charge on any atom is -0.491 e. The lowest BCUT2D eigenvalue weighted by Gasteiger charge is -2.37. The maximum atomic E-state index is 13.6. The number of thiophene rings is 1. The minimum absolute atomic E-state index is 0.0232. The molecule has 3 aromatic rings. The largest absolute Gasteiger partial charge is 0.491 e. The van der Waals surface area contributed by atoms with Crippen LogP contribution in [0.1, 0.15) is 27.6 Å². The first-order valence-corrected chi connectivity index (χ1v) is 12.8. The van der Waals surface area contributed by atoms with Gasteiger partial charge in [-0.05, 0) is 47.5 Å². The average Bonchev–Trinajstić information content (AvgIpc) is 3.35. The van der Waals surface area contributed by atoms with Gasteiger partial charge in [0.15, 0.2) is 0 Å². The van der Waals surface area contributed by atoms with Crippen LogP contribution in [-0.4, -0.2) is 61.6 Å². The van der Waals surface area contributed by atoms with E-state index in [0.29, 0.717) is 26.3 Å². The molecule has 0 fully saturated rings. The van der Waals surface area contributed by atoms with Gasteiger partial charge in [0.05, 0.1) is 25.6 Å². The van der Waals surface area contributed by atoms with Gasteiger partial charge < -0.3 is 19.3 Å². The zero-order chi connectivity index (χ0) is 24.6. The molecule has 6 nitrogen and oxygen atoms in total. The highest BCUT2D eigenvalue weighted by Gasteiger charge is 2.33. The summed E-state index contributed by atoms with van der Waals surface area (Å²) >= 11 is 1.72. The van der Waals surface area contributed by atoms with Crippen molar-refractivity contribution in [3.05, 3.63) is 87.6 Å². The number of hydrogen-bond acceptors (Lipinski definition) is 5. The maximum absolute atomic E-state index is 13.6. The Bertz CT molecular complexity index is 1130. The molecule has 0 spiro atoms. The first-order chi connectivity index (χ1) is 17.1. The summed E-state index contributed by atoms with van der Waals surface area (Å²) in [5, 5.41) is 2.08. The second-order valence-electron chi connectivity index (χ2n) is 8.70. The molecule has 0 saturated carbocycles. The molecule has 4 rings (SSSR count). The number of aryl methyl sites for hydroxylation is 1. The summed E-state index contributed by atoms with van der Waals surface area (Å²) in [5.41, 5.74) is 3.13. The van der Waals surface area contributed by atoms with Crippen molar-refractivity contribution >= 4 is 23.2 Å². The number of amides is 2. The summed E-state index contributed by atoms with van der Waals surface area (Å²) < 4.78 is 11.4. The maximum Gasteiger partial charge on any atom is 0.242 e. The van der Waals surface area contributed by atoms with E-state index >= 15 is 0 Å². The Morgan fingerprint density at radius 3 is 2.63 bits per heavy atom. The molecule has 0 aliphatic carbocycles. The van der Waals surface area contributed by atoms with Gasteiger partial charge in [-0.15, -0.1) is 11.3 Å². The van der Waals surface area contributed by atoms with E-state index in [9.17, 15) is 9.59 Å². The Labute approximate surface area is 211 Å². The Balaban J connectivity index is 1.49. The van der Waals surface area contributed by atoms with E-state index in [1.807, 2.05) is 66.4 Å². The quantitative estimate of drug-likeness (QED) is 0.424. The summed E-state index contributed by atoms with van der Waals surface area (Å²) in [6.45, 7) is 3.77. The van der Waals surface area contributed by atoms with Crippen molar-refractivity contribution in [1.29, 1.82) is 0 Å². The standard InChI is InChI=1S/C28H32N2O4S/c1-21-8-6-7-11-25(21)34-20-24-23-13-17-35-26(23)12-14-30(24)28(32)19-29(15-16-33-2)27(31)18-22-9-4-3-5-10-22/h3-11,13,17,24H,12,14-16,18-20H2,1-2H3. The number of carbonyl (C=O) groups excluding carboxylic acids is 2. The van der Waals surface area contributed by atoms with Crippen LogP contribution in [-0.2, 0) is 27.2 Å². The van der Waals surface area contributed by atoms with E-state index in [-0.39, 0.29) is 30.8 Å². The normalized spacial score (nSPS) is 14.9. The predicted octanol–water partition coefficient (Wildman–Crippen LogP) is 4.28. The van der Waals surface area contributed by atoms with E-state index in [1.54, 1.807) is 23.3 Å². The summed E-state index contributed by atoms with van der Waals surface area (Å²) in [5.74, 6) is 0.669. The van der Waals surface area contributed by atoms with Crippen LogP contribution in [0.15, 0.2) is 66.0 Å². The monoisotopic (exact) mass is 492 g/mol. The van der Waals surface area contributed by atoms with Gasteiger partial charge in [-0.25, -0.2) is 0 Å². The lowest BCUT2D eigenvalue weighted by molar-refractivity contribution is -0.142.